The van der Waals surface area contributed by atoms with Crippen LogP contribution in [0.1, 0.15) is 25.2 Å². The number of hydrogen-bond donors (Lipinski definition) is 0. The quantitative estimate of drug-likeness (QED) is 0.842. The lowest BCUT2D eigenvalue weighted by Gasteiger charge is -2.40. The SMILES string of the molecule is CC[C@@H](SC)C(=O)N1CCN(C)[C@H](c2nccn2C)C1. The van der Waals surface area contributed by atoms with Crippen molar-refractivity contribution in [3.63, 3.8) is 0 Å². The molecule has 2 rings (SSSR count). The third-order valence-corrected chi connectivity index (χ3v) is 5.15. The van der Waals surface area contributed by atoms with Crippen LogP contribution in [0, 0.1) is 0 Å². The number of carbonyl (C=O) groups excluding carboxylic acids is 1. The van der Waals surface area contributed by atoms with Crippen LogP contribution in [-0.2, 0) is 11.8 Å². The van der Waals surface area contributed by atoms with Crippen LogP contribution in [0.3, 0.4) is 0 Å². The molecule has 1 saturated heterocycles. The Balaban J connectivity index is 2.12. The maximum atomic E-state index is 12.5. The minimum atomic E-state index is 0.0837. The summed E-state index contributed by atoms with van der Waals surface area (Å²) in [7, 11) is 4.11. The van der Waals surface area contributed by atoms with Gasteiger partial charge in [0.2, 0.25) is 5.91 Å². The predicted molar refractivity (Wildman–Crippen MR) is 82.8 cm³/mol. The van der Waals surface area contributed by atoms with Crippen molar-refractivity contribution in [3.05, 3.63) is 18.2 Å². The number of piperazine rings is 1. The van der Waals surface area contributed by atoms with Crippen molar-refractivity contribution in [1.29, 1.82) is 0 Å². The van der Waals surface area contributed by atoms with Crippen LogP contribution in [0.25, 0.3) is 0 Å². The van der Waals surface area contributed by atoms with Crippen molar-refractivity contribution in [2.24, 2.45) is 7.05 Å². The number of nitrogens with zero attached hydrogens (tertiary/aromatic N) is 4. The summed E-state index contributed by atoms with van der Waals surface area (Å²) in [6.45, 7) is 4.52. The van der Waals surface area contributed by atoms with Crippen molar-refractivity contribution in [1.82, 2.24) is 19.4 Å². The van der Waals surface area contributed by atoms with Gasteiger partial charge < -0.3 is 9.47 Å². The molecule has 1 amide bonds. The van der Waals surface area contributed by atoms with Gasteiger partial charge >= 0.3 is 0 Å². The lowest BCUT2D eigenvalue weighted by Crippen LogP contribution is -2.51. The lowest BCUT2D eigenvalue weighted by molar-refractivity contribution is -0.133. The van der Waals surface area contributed by atoms with Crippen LogP contribution in [0.5, 0.6) is 0 Å². The first kappa shape index (κ1) is 15.4. The third kappa shape index (κ3) is 3.01. The highest BCUT2D eigenvalue weighted by Gasteiger charge is 2.32. The van der Waals surface area contributed by atoms with Gasteiger partial charge in [0.1, 0.15) is 5.82 Å². The van der Waals surface area contributed by atoms with E-state index in [1.54, 1.807) is 11.8 Å². The van der Waals surface area contributed by atoms with Crippen LogP contribution in [0.4, 0.5) is 0 Å². The zero-order valence-electron chi connectivity index (χ0n) is 12.7. The molecular weight excluding hydrogens is 272 g/mol. The largest absolute Gasteiger partial charge is 0.338 e. The predicted octanol–water partition coefficient (Wildman–Crippen LogP) is 1.38. The van der Waals surface area contributed by atoms with E-state index in [1.165, 1.54) is 0 Å². The first-order valence-electron chi connectivity index (χ1n) is 7.07. The van der Waals surface area contributed by atoms with Gasteiger partial charge in [0.15, 0.2) is 0 Å². The molecule has 0 spiro atoms. The molecule has 0 N–H and O–H groups in total. The summed E-state index contributed by atoms with van der Waals surface area (Å²) in [6.07, 6.45) is 6.68. The van der Waals surface area contributed by atoms with Crippen LogP contribution < -0.4 is 0 Å². The molecule has 5 nitrogen and oxygen atoms in total. The molecular formula is C14H24N4OS. The molecule has 0 unspecified atom stereocenters. The normalized spacial score (nSPS) is 22.0. The molecule has 0 aromatic carbocycles. The second-order valence-electron chi connectivity index (χ2n) is 5.31. The number of rotatable bonds is 4. The fourth-order valence-corrected chi connectivity index (χ4v) is 3.38. The average Bonchev–Trinajstić information content (AvgIpc) is 2.86. The smallest absolute Gasteiger partial charge is 0.235 e. The second kappa shape index (κ2) is 6.63. The Kier molecular flexibility index (Phi) is 5.10. The maximum absolute atomic E-state index is 12.5. The average molecular weight is 296 g/mol. The molecule has 0 radical (unpaired) electrons. The van der Waals surface area contributed by atoms with Gasteiger partial charge in [0.05, 0.1) is 11.3 Å². The van der Waals surface area contributed by atoms with E-state index < -0.39 is 0 Å². The Bertz CT molecular complexity index is 458. The number of hydrogen-bond acceptors (Lipinski definition) is 4. The molecule has 1 aliphatic heterocycles. The van der Waals surface area contributed by atoms with Crippen LogP contribution in [0.15, 0.2) is 12.4 Å². The van der Waals surface area contributed by atoms with Gasteiger partial charge in [-0.25, -0.2) is 4.98 Å². The Hall–Kier alpha value is -1.01. The number of likely N-dealkylation sites (N-methyl/N-ethyl adjacent to an activating group) is 1. The highest BCUT2D eigenvalue weighted by molar-refractivity contribution is 7.99. The van der Waals surface area contributed by atoms with Gasteiger partial charge in [-0.15, -0.1) is 0 Å². The van der Waals surface area contributed by atoms with Crippen molar-refractivity contribution in [2.45, 2.75) is 24.6 Å². The molecule has 0 saturated carbocycles. The van der Waals surface area contributed by atoms with Crippen LogP contribution in [0.2, 0.25) is 0 Å². The number of aromatic nitrogens is 2. The summed E-state index contributed by atoms with van der Waals surface area (Å²) in [5, 5.41) is 0.0837. The Morgan fingerprint density at radius 3 is 2.80 bits per heavy atom. The zero-order valence-corrected chi connectivity index (χ0v) is 13.6. The van der Waals surface area contributed by atoms with E-state index in [-0.39, 0.29) is 17.2 Å². The van der Waals surface area contributed by atoms with Gasteiger partial charge in [0.25, 0.3) is 0 Å². The molecule has 2 heterocycles. The van der Waals surface area contributed by atoms with Crippen LogP contribution in [-0.4, -0.2) is 63.4 Å². The van der Waals surface area contributed by atoms with E-state index >= 15 is 0 Å². The molecule has 1 aliphatic rings. The summed E-state index contributed by atoms with van der Waals surface area (Å²) in [4.78, 5) is 21.3. The molecule has 1 fully saturated rings. The Morgan fingerprint density at radius 1 is 1.50 bits per heavy atom. The van der Waals surface area contributed by atoms with Gasteiger partial charge in [-0.1, -0.05) is 6.92 Å². The number of carbonyl (C=O) groups is 1. The van der Waals surface area contributed by atoms with E-state index in [0.29, 0.717) is 0 Å². The molecule has 0 aliphatic carbocycles. The third-order valence-electron chi connectivity index (χ3n) is 4.05. The number of amides is 1. The molecule has 1 aromatic heterocycles. The highest BCUT2D eigenvalue weighted by atomic mass is 32.2. The van der Waals surface area contributed by atoms with Crippen molar-refractivity contribution in [2.75, 3.05) is 32.9 Å². The molecule has 1 aromatic rings. The molecule has 112 valence electrons. The van der Waals surface area contributed by atoms with Crippen molar-refractivity contribution < 1.29 is 4.79 Å². The molecule has 20 heavy (non-hydrogen) atoms. The second-order valence-corrected chi connectivity index (χ2v) is 6.35. The molecule has 0 bridgehead atoms. The van der Waals surface area contributed by atoms with Crippen LogP contribution >= 0.6 is 11.8 Å². The van der Waals surface area contributed by atoms with E-state index in [0.717, 1.165) is 31.9 Å². The van der Waals surface area contributed by atoms with E-state index in [1.807, 2.05) is 35.2 Å². The Morgan fingerprint density at radius 2 is 2.25 bits per heavy atom. The standard InChI is InChI=1S/C14H24N4OS/c1-5-12(20-4)14(19)18-9-8-16(2)11(10-18)13-15-6-7-17(13)3/h6-7,11-12H,5,8-10H2,1-4H3/t11-,12+/m0/s1. The number of aryl methyl sites for hydroxylation is 1. The van der Waals surface area contributed by atoms with Gasteiger partial charge in [-0.3, -0.25) is 9.69 Å². The Labute approximate surface area is 125 Å². The first-order chi connectivity index (χ1) is 9.58. The van der Waals surface area contributed by atoms with E-state index in [9.17, 15) is 4.79 Å². The van der Waals surface area contributed by atoms with Gasteiger partial charge in [-0.2, -0.15) is 11.8 Å². The molecule has 2 atom stereocenters. The fraction of sp³-hybridized carbons (Fsp3) is 0.714. The number of imidazole rings is 1. The summed E-state index contributed by atoms with van der Waals surface area (Å²) < 4.78 is 2.04. The summed E-state index contributed by atoms with van der Waals surface area (Å²) in [6, 6.07) is 0.187. The summed E-state index contributed by atoms with van der Waals surface area (Å²) in [5.74, 6) is 1.30. The van der Waals surface area contributed by atoms with Crippen molar-refractivity contribution >= 4 is 17.7 Å². The molecule has 6 heteroatoms. The van der Waals surface area contributed by atoms with Gasteiger partial charge in [0, 0.05) is 39.1 Å². The summed E-state index contributed by atoms with van der Waals surface area (Å²) in [5.41, 5.74) is 0. The minimum Gasteiger partial charge on any atom is -0.338 e. The highest BCUT2D eigenvalue weighted by Crippen LogP contribution is 2.24. The van der Waals surface area contributed by atoms with Gasteiger partial charge in [-0.05, 0) is 19.7 Å². The van der Waals surface area contributed by atoms with E-state index in [2.05, 4.69) is 23.9 Å². The minimum absolute atomic E-state index is 0.0837. The first-order valence-corrected chi connectivity index (χ1v) is 8.36. The monoisotopic (exact) mass is 296 g/mol. The van der Waals surface area contributed by atoms with E-state index in [4.69, 9.17) is 0 Å². The topological polar surface area (TPSA) is 41.4 Å². The fourth-order valence-electron chi connectivity index (χ4n) is 2.70. The lowest BCUT2D eigenvalue weighted by atomic mass is 10.1. The summed E-state index contributed by atoms with van der Waals surface area (Å²) >= 11 is 1.65. The number of thioether (sulfide) groups is 1. The zero-order chi connectivity index (χ0) is 14.7. The van der Waals surface area contributed by atoms with Crippen molar-refractivity contribution in [3.8, 4) is 0 Å². The maximum Gasteiger partial charge on any atom is 0.235 e.